The van der Waals surface area contributed by atoms with E-state index in [2.05, 4.69) is 17.4 Å². The lowest BCUT2D eigenvalue weighted by Crippen LogP contribution is -2.44. The fraction of sp³-hybridized carbons (Fsp3) is 0.400. The van der Waals surface area contributed by atoms with Crippen molar-refractivity contribution in [2.45, 2.75) is 37.8 Å². The molecule has 1 saturated heterocycles. The Hall–Kier alpha value is -3.39. The first-order valence-electron chi connectivity index (χ1n) is 11.2. The lowest BCUT2D eigenvalue weighted by molar-refractivity contribution is -0.150. The molecule has 2 aliphatic rings. The lowest BCUT2D eigenvalue weighted by atomic mass is 9.98. The summed E-state index contributed by atoms with van der Waals surface area (Å²) in [5.41, 5.74) is 4.47. The summed E-state index contributed by atoms with van der Waals surface area (Å²) in [4.78, 5) is 37.4. The Kier molecular flexibility index (Phi) is 6.65. The van der Waals surface area contributed by atoms with Crippen LogP contribution in [0.25, 0.3) is 11.1 Å². The highest BCUT2D eigenvalue weighted by Crippen LogP contribution is 2.44. The number of hydrogen-bond donors (Lipinski definition) is 3. The van der Waals surface area contributed by atoms with Crippen LogP contribution in [0.5, 0.6) is 0 Å². The zero-order valence-electron chi connectivity index (χ0n) is 18.4. The minimum Gasteiger partial charge on any atom is -0.480 e. The second-order valence-electron chi connectivity index (χ2n) is 8.70. The fourth-order valence-electron chi connectivity index (χ4n) is 4.84. The van der Waals surface area contributed by atoms with Crippen LogP contribution >= 0.6 is 0 Å². The molecule has 0 radical (unpaired) electrons. The first kappa shape index (κ1) is 22.8. The van der Waals surface area contributed by atoms with Crippen molar-refractivity contribution in [3.05, 3.63) is 59.7 Å². The molecule has 1 aliphatic heterocycles. The molecule has 2 amide bonds. The molecular weight excluding hydrogens is 424 g/mol. The fourth-order valence-corrected chi connectivity index (χ4v) is 4.84. The molecule has 3 N–H and O–H groups in total. The van der Waals surface area contributed by atoms with Gasteiger partial charge in [-0.15, -0.1) is 0 Å². The molecule has 1 fully saturated rings. The highest BCUT2D eigenvalue weighted by Gasteiger charge is 2.39. The summed E-state index contributed by atoms with van der Waals surface area (Å²) in [6.45, 7) is 2.13. The van der Waals surface area contributed by atoms with Crippen molar-refractivity contribution < 1.29 is 29.3 Å². The van der Waals surface area contributed by atoms with Crippen LogP contribution in [0.3, 0.4) is 0 Å². The number of alkyl carbamates (subject to hydrolysis) is 1. The second-order valence-corrected chi connectivity index (χ2v) is 8.70. The number of rotatable bonds is 7. The molecule has 1 aliphatic carbocycles. The van der Waals surface area contributed by atoms with Crippen molar-refractivity contribution in [3.63, 3.8) is 0 Å². The number of carbonyl (C=O) groups excluding carboxylic acids is 2. The maximum Gasteiger partial charge on any atom is 0.407 e. The highest BCUT2D eigenvalue weighted by molar-refractivity contribution is 5.85. The van der Waals surface area contributed by atoms with E-state index in [-0.39, 0.29) is 31.4 Å². The van der Waals surface area contributed by atoms with Gasteiger partial charge in [-0.05, 0) is 34.6 Å². The summed E-state index contributed by atoms with van der Waals surface area (Å²) >= 11 is 0. The minimum atomic E-state index is -1.14. The number of likely N-dealkylation sites (tertiary alicyclic amines) is 1. The third kappa shape index (κ3) is 4.71. The van der Waals surface area contributed by atoms with Gasteiger partial charge in [-0.25, -0.2) is 9.59 Å². The number of carboxylic acids is 1. The van der Waals surface area contributed by atoms with E-state index >= 15 is 0 Å². The Bertz CT molecular complexity index is 1010. The highest BCUT2D eigenvalue weighted by atomic mass is 16.5. The number of aliphatic hydroxyl groups is 1. The summed E-state index contributed by atoms with van der Waals surface area (Å²) in [5.74, 6) is -1.68. The largest absolute Gasteiger partial charge is 0.480 e. The third-order valence-electron chi connectivity index (χ3n) is 6.51. The number of ether oxygens (including phenoxy) is 1. The van der Waals surface area contributed by atoms with Crippen LogP contribution in [0, 0.1) is 5.92 Å². The van der Waals surface area contributed by atoms with Gasteiger partial charge in [0.2, 0.25) is 5.91 Å². The predicted molar refractivity (Wildman–Crippen MR) is 121 cm³/mol. The van der Waals surface area contributed by atoms with Crippen LogP contribution in [0.4, 0.5) is 4.79 Å². The van der Waals surface area contributed by atoms with Crippen LogP contribution in [-0.4, -0.2) is 64.9 Å². The number of nitrogens with one attached hydrogen (secondary N) is 1. The Morgan fingerprint density at radius 3 is 2.30 bits per heavy atom. The van der Waals surface area contributed by atoms with Gasteiger partial charge in [0, 0.05) is 19.0 Å². The Balaban J connectivity index is 1.27. The van der Waals surface area contributed by atoms with Gasteiger partial charge >= 0.3 is 12.1 Å². The molecule has 174 valence electrons. The van der Waals surface area contributed by atoms with Gasteiger partial charge in [0.1, 0.15) is 12.6 Å². The Labute approximate surface area is 192 Å². The van der Waals surface area contributed by atoms with Crippen LogP contribution in [0.2, 0.25) is 0 Å². The van der Waals surface area contributed by atoms with Gasteiger partial charge in [-0.1, -0.05) is 55.5 Å². The van der Waals surface area contributed by atoms with Crippen molar-refractivity contribution in [2.75, 3.05) is 19.7 Å². The number of carbonyl (C=O) groups is 3. The molecule has 33 heavy (non-hydrogen) atoms. The number of carboxylic acid groups (broad SMARTS) is 1. The zero-order chi connectivity index (χ0) is 23.5. The number of fused-ring (bicyclic) bond motifs is 3. The SMILES string of the molecule is CC1CCN(C(=O)CC(O)CNC(=O)OCC2c3ccccc3-c3ccccc32)C1C(=O)O. The molecule has 4 rings (SSSR count). The number of nitrogens with zero attached hydrogens (tertiary/aromatic N) is 1. The number of hydrogen-bond acceptors (Lipinski definition) is 5. The van der Waals surface area contributed by atoms with E-state index in [1.807, 2.05) is 36.4 Å². The predicted octanol–water partition coefficient (Wildman–Crippen LogP) is 2.60. The molecule has 0 saturated carbocycles. The van der Waals surface area contributed by atoms with Gasteiger partial charge in [0.05, 0.1) is 12.5 Å². The van der Waals surface area contributed by atoms with Crippen molar-refractivity contribution >= 4 is 18.0 Å². The maximum atomic E-state index is 12.5. The van der Waals surface area contributed by atoms with Crippen LogP contribution in [0.1, 0.15) is 36.8 Å². The summed E-state index contributed by atoms with van der Waals surface area (Å²) in [5, 5.41) is 22.0. The smallest absolute Gasteiger partial charge is 0.407 e. The van der Waals surface area contributed by atoms with Crippen LogP contribution < -0.4 is 5.32 Å². The summed E-state index contributed by atoms with van der Waals surface area (Å²) in [6.07, 6.45) is -1.47. The molecule has 3 unspecified atom stereocenters. The molecule has 1 heterocycles. The molecule has 0 spiro atoms. The van der Waals surface area contributed by atoms with E-state index in [0.717, 1.165) is 22.3 Å². The van der Waals surface area contributed by atoms with Gasteiger partial charge < -0.3 is 25.2 Å². The van der Waals surface area contributed by atoms with Gasteiger partial charge in [0.25, 0.3) is 0 Å². The van der Waals surface area contributed by atoms with E-state index in [9.17, 15) is 24.6 Å². The third-order valence-corrected chi connectivity index (χ3v) is 6.51. The normalized spacial score (nSPS) is 20.1. The molecule has 8 nitrogen and oxygen atoms in total. The van der Waals surface area contributed by atoms with E-state index in [1.54, 1.807) is 6.92 Å². The molecular formula is C25H28N2O6. The summed E-state index contributed by atoms with van der Waals surface area (Å²) < 4.78 is 5.42. The van der Waals surface area contributed by atoms with Gasteiger partial charge in [-0.2, -0.15) is 0 Å². The number of amides is 2. The first-order chi connectivity index (χ1) is 15.9. The maximum absolute atomic E-state index is 12.5. The lowest BCUT2D eigenvalue weighted by Gasteiger charge is -2.24. The van der Waals surface area contributed by atoms with Gasteiger partial charge in [-0.3, -0.25) is 4.79 Å². The first-order valence-corrected chi connectivity index (χ1v) is 11.2. The standard InChI is InChI=1S/C25H28N2O6/c1-15-10-11-27(23(15)24(30)31)22(29)12-16(28)13-26-25(32)33-14-21-19-8-4-2-6-17(19)18-7-3-5-9-20(18)21/h2-9,15-16,21,23,28H,10-14H2,1H3,(H,26,32)(H,30,31). The summed E-state index contributed by atoms with van der Waals surface area (Å²) in [7, 11) is 0. The van der Waals surface area contributed by atoms with Crippen LogP contribution in [-0.2, 0) is 14.3 Å². The number of aliphatic carboxylic acids is 1. The Morgan fingerprint density at radius 2 is 1.70 bits per heavy atom. The zero-order valence-corrected chi connectivity index (χ0v) is 18.4. The topological polar surface area (TPSA) is 116 Å². The van der Waals surface area contributed by atoms with Crippen molar-refractivity contribution in [1.29, 1.82) is 0 Å². The summed E-state index contributed by atoms with van der Waals surface area (Å²) in [6, 6.07) is 15.2. The van der Waals surface area contributed by atoms with E-state index in [4.69, 9.17) is 4.74 Å². The van der Waals surface area contributed by atoms with Crippen molar-refractivity contribution in [3.8, 4) is 11.1 Å². The molecule has 2 aromatic carbocycles. The number of aliphatic hydroxyl groups excluding tert-OH is 1. The molecule has 3 atom stereocenters. The Morgan fingerprint density at radius 1 is 1.09 bits per heavy atom. The van der Waals surface area contributed by atoms with E-state index < -0.39 is 30.1 Å². The van der Waals surface area contributed by atoms with Crippen molar-refractivity contribution in [2.24, 2.45) is 5.92 Å². The van der Waals surface area contributed by atoms with E-state index in [0.29, 0.717) is 13.0 Å². The number of benzene rings is 2. The molecule has 0 bridgehead atoms. The minimum absolute atomic E-state index is 0.0697. The molecule has 2 aromatic rings. The monoisotopic (exact) mass is 452 g/mol. The second kappa shape index (κ2) is 9.62. The quantitative estimate of drug-likeness (QED) is 0.595. The molecule has 8 heteroatoms. The van der Waals surface area contributed by atoms with Gasteiger partial charge in [0.15, 0.2) is 0 Å². The van der Waals surface area contributed by atoms with Crippen molar-refractivity contribution in [1.82, 2.24) is 10.2 Å². The molecule has 0 aromatic heterocycles. The average Bonchev–Trinajstić information content (AvgIpc) is 3.34. The van der Waals surface area contributed by atoms with E-state index in [1.165, 1.54) is 4.90 Å². The average molecular weight is 453 g/mol. The van der Waals surface area contributed by atoms with Crippen LogP contribution in [0.15, 0.2) is 48.5 Å².